The van der Waals surface area contributed by atoms with Gasteiger partial charge in [-0.2, -0.15) is 5.26 Å². The second kappa shape index (κ2) is 4.85. The Balaban J connectivity index is 2.43. The normalized spacial score (nSPS) is 14.6. The molecular weight excluding hydrogens is 216 g/mol. The molecule has 1 aliphatic heterocycles. The molecule has 17 heavy (non-hydrogen) atoms. The van der Waals surface area contributed by atoms with Crippen molar-refractivity contribution in [2.24, 2.45) is 5.73 Å². The fraction of sp³-hybridized carbons (Fsp3) is 0.333. The number of benzene rings is 1. The van der Waals surface area contributed by atoms with Gasteiger partial charge in [-0.1, -0.05) is 0 Å². The molecule has 1 aromatic rings. The lowest BCUT2D eigenvalue weighted by molar-refractivity contribution is -0.115. The van der Waals surface area contributed by atoms with E-state index in [0.717, 1.165) is 11.4 Å². The van der Waals surface area contributed by atoms with Crippen molar-refractivity contribution >= 4 is 17.3 Å². The number of carbonyl (C=O) groups excluding carboxylic acids is 1. The minimum absolute atomic E-state index is 0.00419. The molecule has 0 saturated heterocycles. The van der Waals surface area contributed by atoms with Crippen molar-refractivity contribution in [2.75, 3.05) is 29.9 Å². The number of hydrogen-bond acceptors (Lipinski definition) is 4. The number of carbonyl (C=O) groups is 1. The number of nitrogens with zero attached hydrogens (tertiary/aromatic N) is 2. The monoisotopic (exact) mass is 230 g/mol. The first-order valence-electron chi connectivity index (χ1n) is 5.53. The third-order valence-electron chi connectivity index (χ3n) is 2.75. The van der Waals surface area contributed by atoms with Crippen molar-refractivity contribution in [2.45, 2.75) is 6.42 Å². The van der Waals surface area contributed by atoms with Crippen molar-refractivity contribution in [3.63, 3.8) is 0 Å². The Bertz CT molecular complexity index is 478. The van der Waals surface area contributed by atoms with Gasteiger partial charge in [0.15, 0.2) is 0 Å². The van der Waals surface area contributed by atoms with Crippen LogP contribution in [0, 0.1) is 11.3 Å². The van der Waals surface area contributed by atoms with Gasteiger partial charge in [0, 0.05) is 26.1 Å². The topological polar surface area (TPSA) is 82.2 Å². The van der Waals surface area contributed by atoms with E-state index < -0.39 is 0 Å². The number of anilines is 2. The van der Waals surface area contributed by atoms with E-state index in [4.69, 9.17) is 11.0 Å². The highest BCUT2D eigenvalue weighted by Gasteiger charge is 2.18. The first kappa shape index (κ1) is 11.4. The molecular formula is C12H14N4O. The molecule has 0 aliphatic carbocycles. The molecule has 0 bridgehead atoms. The summed E-state index contributed by atoms with van der Waals surface area (Å²) in [7, 11) is 0. The molecule has 1 aromatic carbocycles. The van der Waals surface area contributed by atoms with E-state index in [1.807, 2.05) is 4.90 Å². The first-order valence-corrected chi connectivity index (χ1v) is 5.53. The van der Waals surface area contributed by atoms with Gasteiger partial charge in [0.1, 0.15) is 0 Å². The average molecular weight is 230 g/mol. The largest absolute Gasteiger partial charge is 0.368 e. The van der Waals surface area contributed by atoms with Crippen LogP contribution in [0.4, 0.5) is 11.4 Å². The van der Waals surface area contributed by atoms with Gasteiger partial charge in [-0.15, -0.1) is 0 Å². The molecule has 1 heterocycles. The highest BCUT2D eigenvalue weighted by atomic mass is 16.1. The maximum absolute atomic E-state index is 11.5. The molecule has 5 nitrogen and oxygen atoms in total. The van der Waals surface area contributed by atoms with Crippen LogP contribution in [0.5, 0.6) is 0 Å². The predicted molar refractivity (Wildman–Crippen MR) is 65.7 cm³/mol. The summed E-state index contributed by atoms with van der Waals surface area (Å²) in [5, 5.41) is 11.7. The molecule has 0 saturated carbocycles. The molecule has 0 unspecified atom stereocenters. The molecule has 2 rings (SSSR count). The fourth-order valence-corrected chi connectivity index (χ4v) is 1.93. The van der Waals surface area contributed by atoms with Crippen LogP contribution in [0.15, 0.2) is 18.2 Å². The highest BCUT2D eigenvalue weighted by Crippen LogP contribution is 2.29. The summed E-state index contributed by atoms with van der Waals surface area (Å²) in [6.45, 7) is 1.83. The minimum atomic E-state index is -0.00419. The molecule has 5 heteroatoms. The van der Waals surface area contributed by atoms with Crippen LogP contribution in [-0.4, -0.2) is 25.5 Å². The number of rotatable bonds is 2. The van der Waals surface area contributed by atoms with Crippen LogP contribution < -0.4 is 16.0 Å². The Morgan fingerprint density at radius 3 is 3.06 bits per heavy atom. The molecule has 0 atom stereocenters. The standard InChI is InChI=1S/C12H14N4O/c13-4-6-16-5-3-12(17)15-10-2-1-9(8-14)7-11(10)16/h1-2,7H,3-6,13H2,(H,15,17). The quantitative estimate of drug-likeness (QED) is 0.782. The molecule has 1 amide bonds. The van der Waals surface area contributed by atoms with E-state index in [1.54, 1.807) is 18.2 Å². The summed E-state index contributed by atoms with van der Waals surface area (Å²) in [5.41, 5.74) is 7.77. The first-order chi connectivity index (χ1) is 8.24. The number of nitrogens with one attached hydrogen (secondary N) is 1. The zero-order valence-electron chi connectivity index (χ0n) is 9.44. The minimum Gasteiger partial charge on any atom is -0.368 e. The average Bonchev–Trinajstić information content (AvgIpc) is 2.49. The van der Waals surface area contributed by atoms with Crippen LogP contribution in [-0.2, 0) is 4.79 Å². The van der Waals surface area contributed by atoms with Gasteiger partial charge in [0.2, 0.25) is 5.91 Å². The molecule has 0 aromatic heterocycles. The second-order valence-electron chi connectivity index (χ2n) is 3.92. The molecule has 3 N–H and O–H groups in total. The fourth-order valence-electron chi connectivity index (χ4n) is 1.93. The number of hydrogen-bond donors (Lipinski definition) is 2. The summed E-state index contributed by atoms with van der Waals surface area (Å²) in [4.78, 5) is 13.6. The Kier molecular flexibility index (Phi) is 3.26. The smallest absolute Gasteiger partial charge is 0.226 e. The SMILES string of the molecule is N#Cc1ccc2c(c1)N(CCN)CCC(=O)N2. The summed E-state index contributed by atoms with van der Waals surface area (Å²) in [6.07, 6.45) is 0.441. The summed E-state index contributed by atoms with van der Waals surface area (Å²) in [5.74, 6) is -0.00419. The van der Waals surface area contributed by atoms with Crippen molar-refractivity contribution in [3.8, 4) is 6.07 Å². The maximum Gasteiger partial charge on any atom is 0.226 e. The third-order valence-corrected chi connectivity index (χ3v) is 2.75. The van der Waals surface area contributed by atoms with Gasteiger partial charge in [-0.05, 0) is 18.2 Å². The molecule has 0 fully saturated rings. The van der Waals surface area contributed by atoms with Gasteiger partial charge in [-0.3, -0.25) is 4.79 Å². The Labute approximate surface area is 99.8 Å². The van der Waals surface area contributed by atoms with Crippen LogP contribution in [0.2, 0.25) is 0 Å². The van der Waals surface area contributed by atoms with Crippen LogP contribution >= 0.6 is 0 Å². The second-order valence-corrected chi connectivity index (χ2v) is 3.92. The van der Waals surface area contributed by atoms with Crippen LogP contribution in [0.25, 0.3) is 0 Å². The van der Waals surface area contributed by atoms with Gasteiger partial charge in [-0.25, -0.2) is 0 Å². The number of fused-ring (bicyclic) bond motifs is 1. The van der Waals surface area contributed by atoms with E-state index in [0.29, 0.717) is 31.6 Å². The van der Waals surface area contributed by atoms with Gasteiger partial charge in [0.05, 0.1) is 23.0 Å². The van der Waals surface area contributed by atoms with Gasteiger partial charge >= 0.3 is 0 Å². The van der Waals surface area contributed by atoms with Crippen molar-refractivity contribution in [1.82, 2.24) is 0 Å². The summed E-state index contributed by atoms with van der Waals surface area (Å²) >= 11 is 0. The molecule has 88 valence electrons. The van der Waals surface area contributed by atoms with Crippen molar-refractivity contribution in [1.29, 1.82) is 5.26 Å². The van der Waals surface area contributed by atoms with Crippen molar-refractivity contribution in [3.05, 3.63) is 23.8 Å². The van der Waals surface area contributed by atoms with Gasteiger partial charge < -0.3 is 16.0 Å². The van der Waals surface area contributed by atoms with E-state index in [1.165, 1.54) is 0 Å². The number of nitriles is 1. The number of amides is 1. The van der Waals surface area contributed by atoms with Crippen LogP contribution in [0.1, 0.15) is 12.0 Å². The molecule has 0 spiro atoms. The highest BCUT2D eigenvalue weighted by molar-refractivity contribution is 5.96. The Morgan fingerprint density at radius 1 is 1.53 bits per heavy atom. The van der Waals surface area contributed by atoms with E-state index in [2.05, 4.69) is 11.4 Å². The zero-order chi connectivity index (χ0) is 12.3. The lowest BCUT2D eigenvalue weighted by Crippen LogP contribution is -2.30. The maximum atomic E-state index is 11.5. The summed E-state index contributed by atoms with van der Waals surface area (Å²) in [6, 6.07) is 7.35. The molecule has 0 radical (unpaired) electrons. The van der Waals surface area contributed by atoms with Crippen LogP contribution in [0.3, 0.4) is 0 Å². The van der Waals surface area contributed by atoms with E-state index >= 15 is 0 Å². The molecule has 1 aliphatic rings. The Morgan fingerprint density at radius 2 is 2.35 bits per heavy atom. The number of nitrogens with two attached hydrogens (primary N) is 1. The lowest BCUT2D eigenvalue weighted by atomic mass is 10.1. The van der Waals surface area contributed by atoms with Crippen molar-refractivity contribution < 1.29 is 4.79 Å². The van der Waals surface area contributed by atoms with E-state index in [-0.39, 0.29) is 5.91 Å². The Hall–Kier alpha value is -2.06. The third kappa shape index (κ3) is 2.37. The van der Waals surface area contributed by atoms with Gasteiger partial charge in [0.25, 0.3) is 0 Å². The van der Waals surface area contributed by atoms with E-state index in [9.17, 15) is 4.79 Å². The summed E-state index contributed by atoms with van der Waals surface area (Å²) < 4.78 is 0. The predicted octanol–water partition coefficient (Wildman–Crippen LogP) is 0.666. The lowest BCUT2D eigenvalue weighted by Gasteiger charge is -2.23. The zero-order valence-corrected chi connectivity index (χ0v) is 9.44.